The smallest absolute Gasteiger partial charge is 0.323 e. The van der Waals surface area contributed by atoms with Crippen molar-refractivity contribution in [3.05, 3.63) is 60.2 Å². The van der Waals surface area contributed by atoms with Crippen molar-refractivity contribution in [2.24, 2.45) is 5.41 Å². The van der Waals surface area contributed by atoms with E-state index in [2.05, 4.69) is 6.07 Å². The van der Waals surface area contributed by atoms with Crippen LogP contribution in [0.4, 0.5) is 0 Å². The summed E-state index contributed by atoms with van der Waals surface area (Å²) >= 11 is 0. The summed E-state index contributed by atoms with van der Waals surface area (Å²) in [6.45, 7) is -0.102. The van der Waals surface area contributed by atoms with Crippen LogP contribution >= 0.6 is 0 Å². The molecule has 3 aromatic carbocycles. The van der Waals surface area contributed by atoms with E-state index in [0.717, 1.165) is 27.1 Å². The number of nitriles is 2. The summed E-state index contributed by atoms with van der Waals surface area (Å²) in [7, 11) is 0. The summed E-state index contributed by atoms with van der Waals surface area (Å²) < 4.78 is 5.53. The molecule has 6 nitrogen and oxygen atoms in total. The summed E-state index contributed by atoms with van der Waals surface area (Å²) in [5.74, 6) is -2.29. The average Bonchev–Trinajstić information content (AvgIpc) is 2.76. The van der Waals surface area contributed by atoms with Gasteiger partial charge in [0.25, 0.3) is 0 Å². The Bertz CT molecular complexity index is 1120. The molecule has 0 radical (unpaired) electrons. The number of esters is 1. The molecule has 0 bridgehead atoms. The molecular formula is C24H20N2O4. The van der Waals surface area contributed by atoms with Crippen LogP contribution in [0.25, 0.3) is 21.5 Å². The molecule has 150 valence electrons. The Hall–Kier alpha value is -3.90. The Morgan fingerprint density at radius 1 is 0.900 bits per heavy atom. The van der Waals surface area contributed by atoms with Gasteiger partial charge in [0.1, 0.15) is 6.61 Å². The van der Waals surface area contributed by atoms with Gasteiger partial charge in [0.15, 0.2) is 5.41 Å². The maximum atomic E-state index is 12.9. The zero-order valence-electron chi connectivity index (χ0n) is 16.3. The van der Waals surface area contributed by atoms with E-state index in [9.17, 15) is 14.7 Å². The minimum absolute atomic E-state index is 0.102. The van der Waals surface area contributed by atoms with E-state index in [1.807, 2.05) is 60.7 Å². The van der Waals surface area contributed by atoms with E-state index in [1.54, 1.807) is 0 Å². The van der Waals surface area contributed by atoms with Gasteiger partial charge in [-0.2, -0.15) is 10.5 Å². The Balaban J connectivity index is 1.99. The van der Waals surface area contributed by atoms with Crippen molar-refractivity contribution in [2.45, 2.75) is 32.3 Å². The van der Waals surface area contributed by atoms with Gasteiger partial charge in [-0.3, -0.25) is 9.59 Å². The van der Waals surface area contributed by atoms with Crippen LogP contribution in [-0.2, 0) is 20.9 Å². The van der Waals surface area contributed by atoms with Crippen molar-refractivity contribution < 1.29 is 19.4 Å². The van der Waals surface area contributed by atoms with Crippen LogP contribution in [0, 0.1) is 28.1 Å². The third-order valence-electron chi connectivity index (χ3n) is 5.36. The molecule has 0 saturated heterocycles. The highest BCUT2D eigenvalue weighted by Crippen LogP contribution is 2.34. The zero-order chi connectivity index (χ0) is 21.6. The van der Waals surface area contributed by atoms with Crippen molar-refractivity contribution in [3.63, 3.8) is 0 Å². The number of ether oxygens (including phenoxy) is 1. The van der Waals surface area contributed by atoms with E-state index in [1.165, 1.54) is 0 Å². The molecule has 0 unspecified atom stereocenters. The molecular weight excluding hydrogens is 380 g/mol. The van der Waals surface area contributed by atoms with Gasteiger partial charge in [-0.15, -0.1) is 0 Å². The Morgan fingerprint density at radius 2 is 1.40 bits per heavy atom. The number of benzene rings is 3. The van der Waals surface area contributed by atoms with E-state index in [-0.39, 0.29) is 32.3 Å². The van der Waals surface area contributed by atoms with Crippen molar-refractivity contribution in [1.29, 1.82) is 10.5 Å². The van der Waals surface area contributed by atoms with Crippen molar-refractivity contribution in [3.8, 4) is 12.1 Å². The van der Waals surface area contributed by atoms with Gasteiger partial charge in [0, 0.05) is 18.4 Å². The number of carboxylic acids is 1. The van der Waals surface area contributed by atoms with Gasteiger partial charge in [0.05, 0.1) is 12.1 Å². The lowest BCUT2D eigenvalue weighted by molar-refractivity contribution is -0.171. The molecule has 0 spiro atoms. The van der Waals surface area contributed by atoms with Crippen LogP contribution in [0.2, 0.25) is 0 Å². The SMILES string of the molecule is N#CCCC(CCC#N)(C(=O)O)C(=O)OCc1c2ccccc2cc2ccccc12. The first-order valence-electron chi connectivity index (χ1n) is 9.57. The first kappa shape index (κ1) is 20.8. The predicted molar refractivity (Wildman–Crippen MR) is 111 cm³/mol. The number of rotatable bonds is 8. The summed E-state index contributed by atoms with van der Waals surface area (Å²) in [5.41, 5.74) is -1.12. The van der Waals surface area contributed by atoms with Crippen molar-refractivity contribution >= 4 is 33.5 Å². The number of hydrogen-bond acceptors (Lipinski definition) is 5. The second-order valence-corrected chi connectivity index (χ2v) is 7.08. The standard InChI is InChI=1S/C24H20N2O4/c25-13-5-11-24(22(27)28,12-6-14-26)23(29)30-16-21-19-9-3-1-7-17(19)15-18-8-2-4-10-20(18)21/h1-4,7-10,15H,5-6,11-12,16H2,(H,27,28). The molecule has 1 N–H and O–H groups in total. The van der Waals surface area contributed by atoms with Gasteiger partial charge in [0.2, 0.25) is 0 Å². The monoisotopic (exact) mass is 400 g/mol. The highest BCUT2D eigenvalue weighted by molar-refractivity contribution is 6.03. The topological polar surface area (TPSA) is 111 Å². The third-order valence-corrected chi connectivity index (χ3v) is 5.36. The molecule has 0 aliphatic heterocycles. The molecule has 0 amide bonds. The quantitative estimate of drug-likeness (QED) is 0.333. The highest BCUT2D eigenvalue weighted by atomic mass is 16.5. The van der Waals surface area contributed by atoms with E-state index >= 15 is 0 Å². The number of carbonyl (C=O) groups is 2. The van der Waals surface area contributed by atoms with Crippen LogP contribution in [-0.4, -0.2) is 17.0 Å². The van der Waals surface area contributed by atoms with E-state index in [4.69, 9.17) is 15.3 Å². The molecule has 30 heavy (non-hydrogen) atoms. The molecule has 3 aromatic rings. The Kier molecular flexibility index (Phi) is 6.29. The van der Waals surface area contributed by atoms with Gasteiger partial charge in [-0.25, -0.2) is 0 Å². The van der Waals surface area contributed by atoms with Crippen LogP contribution in [0.1, 0.15) is 31.2 Å². The summed E-state index contributed by atoms with van der Waals surface area (Å²) in [6.07, 6.45) is -0.640. The molecule has 0 aromatic heterocycles. The highest BCUT2D eigenvalue weighted by Gasteiger charge is 2.47. The predicted octanol–water partition coefficient (Wildman–Crippen LogP) is 4.71. The Morgan fingerprint density at radius 3 is 1.87 bits per heavy atom. The van der Waals surface area contributed by atoms with Crippen LogP contribution < -0.4 is 0 Å². The lowest BCUT2D eigenvalue weighted by Gasteiger charge is -2.26. The number of hydrogen-bond donors (Lipinski definition) is 1. The summed E-state index contributed by atoms with van der Waals surface area (Å²) in [6, 6.07) is 21.2. The van der Waals surface area contributed by atoms with E-state index < -0.39 is 17.4 Å². The van der Waals surface area contributed by atoms with Crippen LogP contribution in [0.5, 0.6) is 0 Å². The average molecular weight is 400 g/mol. The zero-order valence-corrected chi connectivity index (χ0v) is 16.3. The minimum Gasteiger partial charge on any atom is -0.480 e. The lowest BCUT2D eigenvalue weighted by Crippen LogP contribution is -2.40. The maximum absolute atomic E-state index is 12.9. The first-order chi connectivity index (χ1) is 14.5. The molecule has 6 heteroatoms. The molecule has 0 fully saturated rings. The number of aliphatic carboxylic acids is 1. The van der Waals surface area contributed by atoms with Gasteiger partial charge >= 0.3 is 11.9 Å². The molecule has 0 aliphatic carbocycles. The molecule has 0 atom stereocenters. The Labute approximate surface area is 173 Å². The van der Waals surface area contributed by atoms with Crippen molar-refractivity contribution in [1.82, 2.24) is 0 Å². The number of carboxylic acid groups (broad SMARTS) is 1. The molecule has 3 rings (SSSR count). The van der Waals surface area contributed by atoms with Crippen molar-refractivity contribution in [2.75, 3.05) is 0 Å². The van der Waals surface area contributed by atoms with E-state index in [0.29, 0.717) is 0 Å². The van der Waals surface area contributed by atoms with Crippen LogP contribution in [0.15, 0.2) is 54.6 Å². The molecule has 0 aliphatic rings. The number of fused-ring (bicyclic) bond motifs is 2. The fraction of sp³-hybridized carbons (Fsp3) is 0.250. The lowest BCUT2D eigenvalue weighted by atomic mass is 9.79. The molecule has 0 saturated carbocycles. The number of nitrogens with zero attached hydrogens (tertiary/aromatic N) is 2. The normalized spacial score (nSPS) is 11.0. The molecule has 0 heterocycles. The van der Waals surface area contributed by atoms with Gasteiger partial charge < -0.3 is 9.84 Å². The van der Waals surface area contributed by atoms with Crippen LogP contribution in [0.3, 0.4) is 0 Å². The summed E-state index contributed by atoms with van der Waals surface area (Å²) in [5, 5.41) is 31.4. The fourth-order valence-electron chi connectivity index (χ4n) is 3.71. The fourth-order valence-corrected chi connectivity index (χ4v) is 3.71. The summed E-state index contributed by atoms with van der Waals surface area (Å²) in [4.78, 5) is 24.9. The maximum Gasteiger partial charge on any atom is 0.323 e. The third kappa shape index (κ3) is 3.94. The first-order valence-corrected chi connectivity index (χ1v) is 9.57. The largest absolute Gasteiger partial charge is 0.480 e. The minimum atomic E-state index is -1.91. The number of carbonyl (C=O) groups excluding carboxylic acids is 1. The second kappa shape index (κ2) is 9.07. The second-order valence-electron chi connectivity index (χ2n) is 7.08. The van der Waals surface area contributed by atoms with Gasteiger partial charge in [-0.1, -0.05) is 48.5 Å². The van der Waals surface area contributed by atoms with Gasteiger partial charge in [-0.05, 0) is 40.5 Å².